The van der Waals surface area contributed by atoms with E-state index in [1.54, 1.807) is 0 Å². The fourth-order valence-electron chi connectivity index (χ4n) is 1.37. The van der Waals surface area contributed by atoms with E-state index < -0.39 is 12.2 Å². The number of alkyl halides is 1. The van der Waals surface area contributed by atoms with Crippen molar-refractivity contribution in [1.29, 1.82) is 0 Å². The summed E-state index contributed by atoms with van der Waals surface area (Å²) in [6.45, 7) is 3.90. The average molecular weight is 259 g/mol. The van der Waals surface area contributed by atoms with Gasteiger partial charge in [0, 0.05) is 5.33 Å². The molecule has 0 aliphatic rings. The zero-order valence-electron chi connectivity index (χ0n) is 8.37. The molecule has 0 fully saturated rings. The quantitative estimate of drug-likeness (QED) is 0.816. The molecule has 1 aromatic carbocycles. The number of aryl methyl sites for hydroxylation is 2. The van der Waals surface area contributed by atoms with Crippen molar-refractivity contribution in [2.24, 2.45) is 0 Å². The standard InChI is InChI=1S/C11H15BrO2/c1-7-3-4-8(2)9(5-7)11(14)10(13)6-12/h3-5,10-11,13-14H,6H2,1-2H3. The molecule has 0 amide bonds. The van der Waals surface area contributed by atoms with Crippen LogP contribution in [0.1, 0.15) is 22.8 Å². The molecular weight excluding hydrogens is 244 g/mol. The molecule has 1 aromatic rings. The molecular formula is C11H15BrO2. The smallest absolute Gasteiger partial charge is 0.106 e. The van der Waals surface area contributed by atoms with E-state index in [9.17, 15) is 10.2 Å². The zero-order chi connectivity index (χ0) is 10.7. The Morgan fingerprint density at radius 1 is 1.29 bits per heavy atom. The lowest BCUT2D eigenvalue weighted by Gasteiger charge is -2.18. The van der Waals surface area contributed by atoms with Gasteiger partial charge in [0.1, 0.15) is 6.10 Å². The predicted molar refractivity (Wildman–Crippen MR) is 60.7 cm³/mol. The van der Waals surface area contributed by atoms with Gasteiger partial charge in [-0.1, -0.05) is 39.7 Å². The van der Waals surface area contributed by atoms with Gasteiger partial charge in [0.05, 0.1) is 6.10 Å². The summed E-state index contributed by atoms with van der Waals surface area (Å²) in [5.41, 5.74) is 2.89. The topological polar surface area (TPSA) is 40.5 Å². The Morgan fingerprint density at radius 3 is 2.50 bits per heavy atom. The Morgan fingerprint density at radius 2 is 1.93 bits per heavy atom. The average Bonchev–Trinajstić information content (AvgIpc) is 2.19. The van der Waals surface area contributed by atoms with Gasteiger partial charge in [-0.05, 0) is 25.0 Å². The van der Waals surface area contributed by atoms with Crippen molar-refractivity contribution < 1.29 is 10.2 Å². The van der Waals surface area contributed by atoms with Crippen LogP contribution < -0.4 is 0 Å². The Labute approximate surface area is 92.7 Å². The van der Waals surface area contributed by atoms with E-state index in [0.717, 1.165) is 16.7 Å². The Balaban J connectivity index is 2.99. The maximum absolute atomic E-state index is 9.81. The third kappa shape index (κ3) is 2.56. The third-order valence-corrected chi connectivity index (χ3v) is 2.94. The minimum absolute atomic E-state index is 0.377. The summed E-state index contributed by atoms with van der Waals surface area (Å²) in [4.78, 5) is 0. The summed E-state index contributed by atoms with van der Waals surface area (Å²) >= 11 is 3.15. The third-order valence-electron chi connectivity index (χ3n) is 2.28. The van der Waals surface area contributed by atoms with Gasteiger partial charge < -0.3 is 10.2 Å². The van der Waals surface area contributed by atoms with Crippen molar-refractivity contribution >= 4 is 15.9 Å². The van der Waals surface area contributed by atoms with Gasteiger partial charge in [-0.3, -0.25) is 0 Å². The highest BCUT2D eigenvalue weighted by molar-refractivity contribution is 9.09. The second-order valence-electron chi connectivity index (χ2n) is 3.53. The van der Waals surface area contributed by atoms with Crippen molar-refractivity contribution in [3.63, 3.8) is 0 Å². The Hall–Kier alpha value is -0.380. The lowest BCUT2D eigenvalue weighted by Crippen LogP contribution is -2.20. The molecule has 0 bridgehead atoms. The number of aliphatic hydroxyl groups is 2. The second kappa shape index (κ2) is 4.91. The molecule has 0 heterocycles. The lowest BCUT2D eigenvalue weighted by molar-refractivity contribution is 0.0338. The molecule has 14 heavy (non-hydrogen) atoms. The molecule has 2 atom stereocenters. The van der Waals surface area contributed by atoms with Crippen molar-refractivity contribution in [3.8, 4) is 0 Å². The monoisotopic (exact) mass is 258 g/mol. The van der Waals surface area contributed by atoms with Gasteiger partial charge in [0.25, 0.3) is 0 Å². The number of hydrogen-bond donors (Lipinski definition) is 2. The van der Waals surface area contributed by atoms with E-state index in [-0.39, 0.29) is 0 Å². The van der Waals surface area contributed by atoms with E-state index in [0.29, 0.717) is 5.33 Å². The molecule has 78 valence electrons. The summed E-state index contributed by atoms with van der Waals surface area (Å²) in [5.74, 6) is 0. The van der Waals surface area contributed by atoms with Crippen molar-refractivity contribution in [2.75, 3.05) is 5.33 Å². The summed E-state index contributed by atoms with van der Waals surface area (Å²) in [6, 6.07) is 5.85. The first-order valence-corrected chi connectivity index (χ1v) is 5.67. The maximum Gasteiger partial charge on any atom is 0.106 e. The van der Waals surface area contributed by atoms with Gasteiger partial charge in [-0.25, -0.2) is 0 Å². The SMILES string of the molecule is Cc1ccc(C)c(C(O)C(O)CBr)c1. The highest BCUT2D eigenvalue weighted by atomic mass is 79.9. The van der Waals surface area contributed by atoms with E-state index >= 15 is 0 Å². The molecule has 0 aliphatic heterocycles. The van der Waals surface area contributed by atoms with E-state index in [1.165, 1.54) is 0 Å². The molecule has 0 spiro atoms. The van der Waals surface area contributed by atoms with Gasteiger partial charge in [0.2, 0.25) is 0 Å². The summed E-state index contributed by atoms with van der Waals surface area (Å²) in [6.07, 6.45) is -1.57. The molecule has 1 rings (SSSR count). The van der Waals surface area contributed by atoms with Gasteiger partial charge in [-0.2, -0.15) is 0 Å². The molecule has 0 saturated heterocycles. The first kappa shape index (κ1) is 11.7. The summed E-state index contributed by atoms with van der Waals surface area (Å²) in [5, 5.41) is 19.7. The number of aliphatic hydroxyl groups excluding tert-OH is 2. The first-order chi connectivity index (χ1) is 6.56. The lowest BCUT2D eigenvalue weighted by atomic mass is 9.98. The van der Waals surface area contributed by atoms with Crippen LogP contribution in [0.4, 0.5) is 0 Å². The highest BCUT2D eigenvalue weighted by Gasteiger charge is 2.18. The highest BCUT2D eigenvalue weighted by Crippen LogP contribution is 2.22. The summed E-state index contributed by atoms with van der Waals surface area (Å²) in [7, 11) is 0. The van der Waals surface area contributed by atoms with Crippen LogP contribution in [0.25, 0.3) is 0 Å². The molecule has 0 aliphatic carbocycles. The second-order valence-corrected chi connectivity index (χ2v) is 4.17. The van der Waals surface area contributed by atoms with E-state index in [1.807, 2.05) is 32.0 Å². The van der Waals surface area contributed by atoms with Crippen LogP contribution in [0.5, 0.6) is 0 Å². The molecule has 2 unspecified atom stereocenters. The maximum atomic E-state index is 9.81. The van der Waals surface area contributed by atoms with Gasteiger partial charge >= 0.3 is 0 Å². The van der Waals surface area contributed by atoms with Crippen LogP contribution in [0.2, 0.25) is 0 Å². The van der Waals surface area contributed by atoms with E-state index in [4.69, 9.17) is 0 Å². The van der Waals surface area contributed by atoms with Crippen molar-refractivity contribution in [3.05, 3.63) is 34.9 Å². The van der Waals surface area contributed by atoms with Gasteiger partial charge in [-0.15, -0.1) is 0 Å². The molecule has 3 heteroatoms. The molecule has 0 saturated carbocycles. The molecule has 2 N–H and O–H groups in total. The normalized spacial score (nSPS) is 15.2. The predicted octanol–water partition coefficient (Wildman–Crippen LogP) is 2.09. The number of halogens is 1. The number of benzene rings is 1. The van der Waals surface area contributed by atoms with Crippen LogP contribution in [-0.2, 0) is 0 Å². The minimum Gasteiger partial charge on any atom is -0.389 e. The number of hydrogen-bond acceptors (Lipinski definition) is 2. The molecule has 2 nitrogen and oxygen atoms in total. The fourth-order valence-corrected chi connectivity index (χ4v) is 1.72. The van der Waals surface area contributed by atoms with Crippen LogP contribution in [0, 0.1) is 13.8 Å². The van der Waals surface area contributed by atoms with Crippen LogP contribution in [0.3, 0.4) is 0 Å². The van der Waals surface area contributed by atoms with E-state index in [2.05, 4.69) is 15.9 Å². The number of rotatable bonds is 3. The molecule has 0 aromatic heterocycles. The van der Waals surface area contributed by atoms with Crippen LogP contribution >= 0.6 is 15.9 Å². The minimum atomic E-state index is -0.811. The van der Waals surface area contributed by atoms with Crippen molar-refractivity contribution in [1.82, 2.24) is 0 Å². The Bertz CT molecular complexity index is 312. The van der Waals surface area contributed by atoms with Crippen LogP contribution in [0.15, 0.2) is 18.2 Å². The Kier molecular flexibility index (Phi) is 4.11. The first-order valence-electron chi connectivity index (χ1n) is 4.55. The largest absolute Gasteiger partial charge is 0.389 e. The molecule has 0 radical (unpaired) electrons. The zero-order valence-corrected chi connectivity index (χ0v) is 9.95. The van der Waals surface area contributed by atoms with Gasteiger partial charge in [0.15, 0.2) is 0 Å². The fraction of sp³-hybridized carbons (Fsp3) is 0.455. The van der Waals surface area contributed by atoms with Crippen molar-refractivity contribution in [2.45, 2.75) is 26.1 Å². The van der Waals surface area contributed by atoms with Crippen LogP contribution in [-0.4, -0.2) is 21.6 Å². The summed E-state index contributed by atoms with van der Waals surface area (Å²) < 4.78 is 0.